The summed E-state index contributed by atoms with van der Waals surface area (Å²) in [6.07, 6.45) is 3.69. The van der Waals surface area contributed by atoms with E-state index in [9.17, 15) is 0 Å². The molecule has 0 bridgehead atoms. The van der Waals surface area contributed by atoms with Crippen LogP contribution in [0.2, 0.25) is 0 Å². The Morgan fingerprint density at radius 3 is 2.40 bits per heavy atom. The van der Waals surface area contributed by atoms with Crippen LogP contribution in [0.25, 0.3) is 0 Å². The van der Waals surface area contributed by atoms with Gasteiger partial charge in [-0.3, -0.25) is 0 Å². The molecule has 15 heavy (non-hydrogen) atoms. The largest absolute Gasteiger partial charge is 0.486 e. The van der Waals surface area contributed by atoms with Gasteiger partial charge in [-0.05, 0) is 38.3 Å². The molecule has 0 aliphatic carbocycles. The fraction of sp³-hybridized carbons (Fsp3) is 0.538. The van der Waals surface area contributed by atoms with Crippen molar-refractivity contribution in [2.45, 2.75) is 32.0 Å². The lowest BCUT2D eigenvalue weighted by Gasteiger charge is -2.22. The Morgan fingerprint density at radius 1 is 1.20 bits per heavy atom. The third kappa shape index (κ3) is 4.66. The molecule has 0 fully saturated rings. The molecule has 2 heteroatoms. The second-order valence-electron chi connectivity index (χ2n) is 3.99. The molecule has 84 valence electrons. The second kappa shape index (κ2) is 6.85. The molecule has 1 nitrogen and oxygen atoms in total. The molecule has 1 rings (SSSR count). The number of para-hydroxylation sites is 1. The Bertz CT molecular complexity index is 258. The van der Waals surface area contributed by atoms with Gasteiger partial charge in [-0.15, -0.1) is 0 Å². The van der Waals surface area contributed by atoms with Gasteiger partial charge < -0.3 is 4.74 Å². The van der Waals surface area contributed by atoms with E-state index in [0.29, 0.717) is 5.85 Å². The first-order chi connectivity index (χ1) is 7.24. The Hall–Kier alpha value is -0.550. The molecule has 1 aromatic rings. The average molecular weight is 224 g/mol. The summed E-state index contributed by atoms with van der Waals surface area (Å²) < 4.78 is 6.01. The minimum Gasteiger partial charge on any atom is -0.486 e. The van der Waals surface area contributed by atoms with Crippen LogP contribution in [0.15, 0.2) is 30.3 Å². The molecule has 0 amide bonds. The minimum atomic E-state index is -0.0214. The first-order valence-electron chi connectivity index (χ1n) is 5.62. The fourth-order valence-electron chi connectivity index (χ4n) is 1.46. The molecular weight excluding hydrogens is 203 g/mol. The molecule has 0 radical (unpaired) electrons. The molecule has 0 aliphatic rings. The van der Waals surface area contributed by atoms with E-state index in [2.05, 4.69) is 20.3 Å². The van der Waals surface area contributed by atoms with Gasteiger partial charge in [0.25, 0.3) is 0 Å². The van der Waals surface area contributed by atoms with E-state index in [1.54, 1.807) is 0 Å². The van der Waals surface area contributed by atoms with E-state index < -0.39 is 0 Å². The third-order valence-corrected chi connectivity index (χ3v) is 3.91. The molecule has 1 unspecified atom stereocenters. The van der Waals surface area contributed by atoms with Crippen LogP contribution in [-0.2, 0) is 0 Å². The van der Waals surface area contributed by atoms with Crippen molar-refractivity contribution in [3.05, 3.63) is 30.3 Å². The van der Waals surface area contributed by atoms with Crippen LogP contribution in [0.4, 0.5) is 0 Å². The van der Waals surface area contributed by atoms with Crippen molar-refractivity contribution in [1.82, 2.24) is 0 Å². The maximum atomic E-state index is 6.01. The normalized spacial score (nSPS) is 12.8. The monoisotopic (exact) mass is 224 g/mol. The second-order valence-corrected chi connectivity index (χ2v) is 6.49. The molecule has 0 saturated heterocycles. The highest BCUT2D eigenvalue weighted by molar-refractivity contribution is 7.56. The van der Waals surface area contributed by atoms with E-state index >= 15 is 0 Å². The van der Waals surface area contributed by atoms with Crippen LogP contribution < -0.4 is 4.74 Å². The van der Waals surface area contributed by atoms with Crippen LogP contribution in [0.5, 0.6) is 5.75 Å². The molecule has 0 heterocycles. The predicted octanol–water partition coefficient (Wildman–Crippen LogP) is 4.32. The predicted molar refractivity (Wildman–Crippen MR) is 69.2 cm³/mol. The van der Waals surface area contributed by atoms with E-state index in [-0.39, 0.29) is 7.92 Å². The van der Waals surface area contributed by atoms with E-state index in [4.69, 9.17) is 4.74 Å². The smallest absolute Gasteiger partial charge is 0.120 e. The zero-order chi connectivity index (χ0) is 11.1. The average Bonchev–Trinajstić information content (AvgIpc) is 2.25. The number of rotatable bonds is 6. The molecule has 1 atom stereocenters. The van der Waals surface area contributed by atoms with Crippen LogP contribution in [0.1, 0.15) is 26.2 Å². The van der Waals surface area contributed by atoms with E-state index in [1.807, 2.05) is 30.3 Å². The van der Waals surface area contributed by atoms with Crippen molar-refractivity contribution in [3.8, 4) is 5.75 Å². The summed E-state index contributed by atoms with van der Waals surface area (Å²) in [4.78, 5) is 0. The van der Waals surface area contributed by atoms with Gasteiger partial charge in [-0.25, -0.2) is 0 Å². The Morgan fingerprint density at radius 2 is 1.87 bits per heavy atom. The zero-order valence-corrected chi connectivity index (χ0v) is 10.8. The molecule has 0 N–H and O–H groups in total. The molecule has 0 aromatic heterocycles. The number of hydrogen-bond donors (Lipinski definition) is 0. The van der Waals surface area contributed by atoms with E-state index in [0.717, 1.165) is 5.75 Å². The summed E-state index contributed by atoms with van der Waals surface area (Å²) in [6.45, 7) is 6.81. The van der Waals surface area contributed by atoms with Crippen molar-refractivity contribution >= 4 is 7.92 Å². The quantitative estimate of drug-likeness (QED) is 0.654. The maximum absolute atomic E-state index is 6.01. The third-order valence-electron chi connectivity index (χ3n) is 2.40. The standard InChI is InChI=1S/C13H21OP/c1-4-5-11-13(15(2)3)14-12-9-7-6-8-10-12/h6-10,13H,4-5,11H2,1-3H3. The maximum Gasteiger partial charge on any atom is 0.120 e. The van der Waals surface area contributed by atoms with Gasteiger partial charge in [0.15, 0.2) is 0 Å². The summed E-state index contributed by atoms with van der Waals surface area (Å²) in [6, 6.07) is 10.2. The Kier molecular flexibility index (Phi) is 5.71. The lowest BCUT2D eigenvalue weighted by atomic mass is 10.2. The van der Waals surface area contributed by atoms with Gasteiger partial charge >= 0.3 is 0 Å². The van der Waals surface area contributed by atoms with Gasteiger partial charge in [0.2, 0.25) is 0 Å². The molecule has 0 saturated carbocycles. The van der Waals surface area contributed by atoms with Gasteiger partial charge in [-0.2, -0.15) is 0 Å². The van der Waals surface area contributed by atoms with Crippen LogP contribution >= 0.6 is 7.92 Å². The van der Waals surface area contributed by atoms with Crippen molar-refractivity contribution in [2.75, 3.05) is 13.3 Å². The summed E-state index contributed by atoms with van der Waals surface area (Å²) in [5, 5.41) is 0. The number of benzene rings is 1. The first-order valence-corrected chi connectivity index (χ1v) is 7.92. The first kappa shape index (κ1) is 12.5. The number of ether oxygens (including phenoxy) is 1. The van der Waals surface area contributed by atoms with Crippen LogP contribution in [-0.4, -0.2) is 19.2 Å². The summed E-state index contributed by atoms with van der Waals surface area (Å²) >= 11 is 0. The highest BCUT2D eigenvalue weighted by atomic mass is 31.1. The minimum absolute atomic E-state index is 0.0214. The molecule has 1 aromatic carbocycles. The van der Waals surface area contributed by atoms with Gasteiger partial charge in [0.05, 0.1) is 0 Å². The van der Waals surface area contributed by atoms with Crippen molar-refractivity contribution in [3.63, 3.8) is 0 Å². The SMILES string of the molecule is CCCCC(Oc1ccccc1)P(C)C. The molecular formula is C13H21OP. The summed E-state index contributed by atoms with van der Waals surface area (Å²) in [5.74, 6) is 1.43. The van der Waals surface area contributed by atoms with Gasteiger partial charge in [0, 0.05) is 0 Å². The number of hydrogen-bond acceptors (Lipinski definition) is 1. The van der Waals surface area contributed by atoms with Gasteiger partial charge in [0.1, 0.15) is 11.6 Å². The topological polar surface area (TPSA) is 9.23 Å². The van der Waals surface area contributed by atoms with Crippen molar-refractivity contribution in [2.24, 2.45) is 0 Å². The van der Waals surface area contributed by atoms with Crippen molar-refractivity contribution < 1.29 is 4.74 Å². The summed E-state index contributed by atoms with van der Waals surface area (Å²) in [7, 11) is -0.0214. The highest BCUT2D eigenvalue weighted by Crippen LogP contribution is 2.36. The van der Waals surface area contributed by atoms with Gasteiger partial charge in [-0.1, -0.05) is 39.5 Å². The van der Waals surface area contributed by atoms with Crippen molar-refractivity contribution in [1.29, 1.82) is 0 Å². The lowest BCUT2D eigenvalue weighted by Crippen LogP contribution is -2.13. The molecule has 0 aliphatic heterocycles. The lowest BCUT2D eigenvalue weighted by molar-refractivity contribution is 0.268. The van der Waals surface area contributed by atoms with Crippen LogP contribution in [0, 0.1) is 0 Å². The Labute approximate surface area is 94.6 Å². The number of unbranched alkanes of at least 4 members (excludes halogenated alkanes) is 1. The van der Waals surface area contributed by atoms with Crippen LogP contribution in [0.3, 0.4) is 0 Å². The van der Waals surface area contributed by atoms with E-state index in [1.165, 1.54) is 19.3 Å². The Balaban J connectivity index is 2.51. The summed E-state index contributed by atoms with van der Waals surface area (Å²) in [5.41, 5.74) is 0. The zero-order valence-electron chi connectivity index (χ0n) is 9.94. The molecule has 0 spiro atoms. The fourth-order valence-corrected chi connectivity index (χ4v) is 2.49. The highest BCUT2D eigenvalue weighted by Gasteiger charge is 2.13.